The van der Waals surface area contributed by atoms with E-state index in [9.17, 15) is 18.0 Å². The summed E-state index contributed by atoms with van der Waals surface area (Å²) in [6, 6.07) is 17.1. The summed E-state index contributed by atoms with van der Waals surface area (Å²) >= 11 is 0. The number of hydrogen-bond acceptors (Lipinski definition) is 6. The van der Waals surface area contributed by atoms with Crippen molar-refractivity contribution in [1.29, 1.82) is 0 Å². The lowest BCUT2D eigenvalue weighted by molar-refractivity contribution is 0.102. The van der Waals surface area contributed by atoms with Crippen molar-refractivity contribution in [3.63, 3.8) is 0 Å². The fourth-order valence-corrected chi connectivity index (χ4v) is 4.81. The number of ether oxygens (including phenoxy) is 2. The van der Waals surface area contributed by atoms with Crippen molar-refractivity contribution in [3.05, 3.63) is 77.9 Å². The molecule has 35 heavy (non-hydrogen) atoms. The third-order valence-corrected chi connectivity index (χ3v) is 7.58. The van der Waals surface area contributed by atoms with Gasteiger partial charge in [-0.1, -0.05) is 18.2 Å². The molecule has 10 heteroatoms. The van der Waals surface area contributed by atoms with Gasteiger partial charge >= 0.3 is 0 Å². The molecule has 0 aromatic heterocycles. The highest BCUT2D eigenvalue weighted by Crippen LogP contribution is 2.34. The molecule has 0 atom stereocenters. The number of carbonyl (C=O) groups is 2. The van der Waals surface area contributed by atoms with Crippen LogP contribution in [0.3, 0.4) is 0 Å². The maximum Gasteiger partial charge on any atom is 0.257 e. The molecule has 3 aromatic carbocycles. The van der Waals surface area contributed by atoms with E-state index >= 15 is 0 Å². The van der Waals surface area contributed by atoms with Gasteiger partial charge in [-0.2, -0.15) is 4.31 Å². The van der Waals surface area contributed by atoms with E-state index < -0.39 is 21.8 Å². The molecule has 1 aliphatic rings. The number of carbonyl (C=O) groups excluding carboxylic acids is 2. The van der Waals surface area contributed by atoms with Crippen molar-refractivity contribution in [3.8, 4) is 11.5 Å². The molecule has 0 unspecified atom stereocenters. The Bertz CT molecular complexity index is 1390. The number of hydrogen-bond donors (Lipinski definition) is 2. The largest absolute Gasteiger partial charge is 0.454 e. The Morgan fingerprint density at radius 2 is 1.63 bits per heavy atom. The fraction of sp³-hybridized carbons (Fsp3) is 0.200. The molecule has 0 bridgehead atoms. The Morgan fingerprint density at radius 3 is 2.40 bits per heavy atom. The van der Waals surface area contributed by atoms with Crippen molar-refractivity contribution < 1.29 is 27.5 Å². The molecule has 2 amide bonds. The summed E-state index contributed by atoms with van der Waals surface area (Å²) in [6.07, 6.45) is 0. The summed E-state index contributed by atoms with van der Waals surface area (Å²) in [7, 11) is -2.27. The lowest BCUT2D eigenvalue weighted by atomic mass is 10.1. The maximum atomic E-state index is 13.0. The lowest BCUT2D eigenvalue weighted by Gasteiger charge is -2.21. The van der Waals surface area contributed by atoms with Crippen molar-refractivity contribution >= 4 is 33.2 Å². The molecule has 1 heterocycles. The third kappa shape index (κ3) is 5.13. The molecule has 1 aliphatic heterocycles. The second-order valence-electron chi connectivity index (χ2n) is 8.16. The quantitative estimate of drug-likeness (QED) is 0.513. The zero-order chi connectivity index (χ0) is 25.2. The summed E-state index contributed by atoms with van der Waals surface area (Å²) in [4.78, 5) is 25.9. The summed E-state index contributed by atoms with van der Waals surface area (Å²) in [5, 5.41) is 5.50. The first-order valence-corrected chi connectivity index (χ1v) is 12.3. The van der Waals surface area contributed by atoms with E-state index in [1.54, 1.807) is 56.3 Å². The zero-order valence-corrected chi connectivity index (χ0v) is 20.3. The molecule has 0 spiro atoms. The van der Waals surface area contributed by atoms with Gasteiger partial charge in [-0.3, -0.25) is 9.59 Å². The van der Waals surface area contributed by atoms with Crippen LogP contribution in [0.25, 0.3) is 0 Å². The van der Waals surface area contributed by atoms with Crippen LogP contribution in [-0.4, -0.2) is 44.4 Å². The Labute approximate surface area is 203 Å². The number of amides is 2. The van der Waals surface area contributed by atoms with Gasteiger partial charge in [-0.25, -0.2) is 8.42 Å². The van der Waals surface area contributed by atoms with E-state index in [0.717, 1.165) is 0 Å². The van der Waals surface area contributed by atoms with E-state index in [1.165, 1.54) is 35.6 Å². The number of rotatable bonds is 7. The smallest absolute Gasteiger partial charge is 0.257 e. The number of anilines is 2. The fourth-order valence-electron chi connectivity index (χ4n) is 3.40. The first-order chi connectivity index (χ1) is 16.7. The van der Waals surface area contributed by atoms with Gasteiger partial charge in [0.1, 0.15) is 0 Å². The van der Waals surface area contributed by atoms with Crippen LogP contribution in [0.4, 0.5) is 11.4 Å². The number of para-hydroxylation sites is 1. The summed E-state index contributed by atoms with van der Waals surface area (Å²) < 4.78 is 37.5. The van der Waals surface area contributed by atoms with Crippen molar-refractivity contribution in [2.75, 3.05) is 24.5 Å². The van der Waals surface area contributed by atoms with E-state index in [2.05, 4.69) is 10.6 Å². The van der Waals surface area contributed by atoms with Gasteiger partial charge < -0.3 is 20.1 Å². The van der Waals surface area contributed by atoms with E-state index in [0.29, 0.717) is 17.2 Å². The van der Waals surface area contributed by atoms with Crippen LogP contribution < -0.4 is 20.1 Å². The molecule has 0 saturated heterocycles. The van der Waals surface area contributed by atoms with Gasteiger partial charge in [0.15, 0.2) is 11.5 Å². The molecule has 2 N–H and O–H groups in total. The molecule has 4 rings (SSSR count). The van der Waals surface area contributed by atoms with Crippen LogP contribution in [0.1, 0.15) is 34.6 Å². The van der Waals surface area contributed by atoms with Crippen LogP contribution in [0.15, 0.2) is 71.6 Å². The Balaban J connectivity index is 1.54. The molecule has 0 fully saturated rings. The molecular formula is C25H25N3O6S. The number of nitrogens with one attached hydrogen (secondary N) is 2. The zero-order valence-electron chi connectivity index (χ0n) is 19.4. The minimum atomic E-state index is -3.76. The Hall–Kier alpha value is -3.89. The van der Waals surface area contributed by atoms with E-state index in [4.69, 9.17) is 9.47 Å². The average Bonchev–Trinajstić information content (AvgIpc) is 3.31. The number of nitrogens with zero attached hydrogens (tertiary/aromatic N) is 1. The second kappa shape index (κ2) is 9.77. The van der Waals surface area contributed by atoms with Crippen LogP contribution in [0.2, 0.25) is 0 Å². The van der Waals surface area contributed by atoms with Gasteiger partial charge in [0.25, 0.3) is 11.8 Å². The number of fused-ring (bicyclic) bond motifs is 1. The van der Waals surface area contributed by atoms with E-state index in [1.807, 2.05) is 0 Å². The normalized spacial score (nSPS) is 12.6. The molecular weight excluding hydrogens is 470 g/mol. The first kappa shape index (κ1) is 24.2. The molecule has 9 nitrogen and oxygen atoms in total. The van der Waals surface area contributed by atoms with Crippen LogP contribution in [0.5, 0.6) is 11.5 Å². The van der Waals surface area contributed by atoms with Gasteiger partial charge in [-0.05, 0) is 56.3 Å². The van der Waals surface area contributed by atoms with Crippen molar-refractivity contribution in [2.24, 2.45) is 0 Å². The maximum absolute atomic E-state index is 13.0. The first-order valence-electron chi connectivity index (χ1n) is 10.9. The second-order valence-corrected chi connectivity index (χ2v) is 10.2. The molecule has 182 valence electrons. The Kier molecular flexibility index (Phi) is 6.77. The molecule has 3 aromatic rings. The van der Waals surface area contributed by atoms with Crippen molar-refractivity contribution in [2.45, 2.75) is 24.8 Å². The average molecular weight is 496 g/mol. The summed E-state index contributed by atoms with van der Waals surface area (Å²) in [5.41, 5.74) is 1.17. The van der Waals surface area contributed by atoms with Gasteiger partial charge in [-0.15, -0.1) is 0 Å². The van der Waals surface area contributed by atoms with Crippen LogP contribution in [0, 0.1) is 0 Å². The molecule has 0 radical (unpaired) electrons. The summed E-state index contributed by atoms with van der Waals surface area (Å²) in [5.74, 6) is 0.147. The Morgan fingerprint density at radius 1 is 0.886 bits per heavy atom. The molecule has 0 saturated carbocycles. The van der Waals surface area contributed by atoms with Crippen molar-refractivity contribution in [1.82, 2.24) is 4.31 Å². The predicted molar refractivity (Wildman–Crippen MR) is 131 cm³/mol. The highest BCUT2D eigenvalue weighted by atomic mass is 32.2. The minimum Gasteiger partial charge on any atom is -0.454 e. The third-order valence-electron chi connectivity index (χ3n) is 5.55. The standard InChI is InChI=1S/C25H25N3O6S/c1-16(2)28(3)35(31,32)19-8-6-7-17(13-19)24(29)27-21-10-5-4-9-20(21)25(30)26-18-11-12-22-23(14-18)34-15-33-22/h4-14,16H,15H2,1-3H3,(H,26,30)(H,27,29). The number of sulfonamides is 1. The predicted octanol–water partition coefficient (Wildman–Crippen LogP) is 3.95. The topological polar surface area (TPSA) is 114 Å². The summed E-state index contributed by atoms with van der Waals surface area (Å²) in [6.45, 7) is 3.65. The van der Waals surface area contributed by atoms with Crippen LogP contribution >= 0.6 is 0 Å². The molecule has 0 aliphatic carbocycles. The lowest BCUT2D eigenvalue weighted by Crippen LogP contribution is -2.33. The highest BCUT2D eigenvalue weighted by molar-refractivity contribution is 7.89. The van der Waals surface area contributed by atoms with Gasteiger partial charge in [0, 0.05) is 30.4 Å². The number of benzene rings is 3. The van der Waals surface area contributed by atoms with Gasteiger partial charge in [0.2, 0.25) is 16.8 Å². The van der Waals surface area contributed by atoms with Gasteiger partial charge in [0.05, 0.1) is 16.1 Å². The SMILES string of the molecule is CC(C)N(C)S(=O)(=O)c1cccc(C(=O)Nc2ccccc2C(=O)Nc2ccc3c(c2)OCO3)c1. The van der Waals surface area contributed by atoms with E-state index in [-0.39, 0.29) is 34.5 Å². The minimum absolute atomic E-state index is 0.00943. The monoisotopic (exact) mass is 495 g/mol. The highest BCUT2D eigenvalue weighted by Gasteiger charge is 2.24. The van der Waals surface area contributed by atoms with Crippen LogP contribution in [-0.2, 0) is 10.0 Å².